The van der Waals surface area contributed by atoms with Crippen molar-refractivity contribution in [1.82, 2.24) is 11.0 Å². The molecule has 0 spiro atoms. The number of carbonyl (C=O) groups is 2. The van der Waals surface area contributed by atoms with Crippen LogP contribution in [0.3, 0.4) is 0 Å². The molecule has 0 saturated carbocycles. The summed E-state index contributed by atoms with van der Waals surface area (Å²) in [5, 5.41) is 0. The van der Waals surface area contributed by atoms with E-state index < -0.39 is 6.10 Å². The standard InChI is InChI=1S/C10H20N2O4/c1-3-5-7-15-12-10(14)9(6-4-2)16-11-8-13/h8-9H,3-7H2,1-2H3,(H,11,13)(H,12,14). The first-order valence-corrected chi connectivity index (χ1v) is 5.52. The minimum Gasteiger partial charge on any atom is -0.277 e. The van der Waals surface area contributed by atoms with Gasteiger partial charge in [-0.25, -0.2) is 11.0 Å². The average Bonchev–Trinajstić information content (AvgIpc) is 2.29. The van der Waals surface area contributed by atoms with Crippen LogP contribution >= 0.6 is 0 Å². The molecule has 0 aromatic carbocycles. The molecule has 6 nitrogen and oxygen atoms in total. The third-order valence-corrected chi connectivity index (χ3v) is 1.87. The van der Waals surface area contributed by atoms with E-state index >= 15 is 0 Å². The highest BCUT2D eigenvalue weighted by atomic mass is 16.7. The summed E-state index contributed by atoms with van der Waals surface area (Å²) in [5.41, 5.74) is 4.31. The molecule has 0 aromatic rings. The van der Waals surface area contributed by atoms with E-state index in [1.165, 1.54) is 0 Å². The predicted molar refractivity (Wildman–Crippen MR) is 58.0 cm³/mol. The maximum atomic E-state index is 11.5. The van der Waals surface area contributed by atoms with Crippen LogP contribution in [0.25, 0.3) is 0 Å². The molecule has 0 fully saturated rings. The van der Waals surface area contributed by atoms with Crippen LogP contribution in [0.15, 0.2) is 0 Å². The van der Waals surface area contributed by atoms with E-state index in [0.29, 0.717) is 19.4 Å². The quantitative estimate of drug-likeness (QED) is 0.330. The van der Waals surface area contributed by atoms with Gasteiger partial charge in [-0.3, -0.25) is 19.3 Å². The number of unbranched alkanes of at least 4 members (excludes halogenated alkanes) is 1. The molecule has 0 aromatic heterocycles. The summed E-state index contributed by atoms with van der Waals surface area (Å²) in [6.45, 7) is 4.42. The highest BCUT2D eigenvalue weighted by molar-refractivity contribution is 5.79. The molecule has 0 aliphatic rings. The molecule has 2 N–H and O–H groups in total. The van der Waals surface area contributed by atoms with Crippen LogP contribution in [0, 0.1) is 0 Å². The van der Waals surface area contributed by atoms with Gasteiger partial charge < -0.3 is 0 Å². The molecule has 0 radical (unpaired) electrons. The number of amides is 2. The second-order valence-corrected chi connectivity index (χ2v) is 3.30. The monoisotopic (exact) mass is 232 g/mol. The fourth-order valence-electron chi connectivity index (χ4n) is 1.02. The zero-order valence-electron chi connectivity index (χ0n) is 9.82. The largest absolute Gasteiger partial charge is 0.277 e. The van der Waals surface area contributed by atoms with E-state index in [0.717, 1.165) is 19.3 Å². The summed E-state index contributed by atoms with van der Waals surface area (Å²) >= 11 is 0. The van der Waals surface area contributed by atoms with Gasteiger partial charge in [0.25, 0.3) is 5.91 Å². The third-order valence-electron chi connectivity index (χ3n) is 1.87. The Balaban J connectivity index is 3.81. The minimum absolute atomic E-state index is 0.382. The average molecular weight is 232 g/mol. The van der Waals surface area contributed by atoms with E-state index in [9.17, 15) is 9.59 Å². The van der Waals surface area contributed by atoms with E-state index in [1.54, 1.807) is 0 Å². The second kappa shape index (κ2) is 10.4. The lowest BCUT2D eigenvalue weighted by Gasteiger charge is -2.14. The van der Waals surface area contributed by atoms with Crippen LogP contribution in [0.5, 0.6) is 0 Å². The summed E-state index contributed by atoms with van der Waals surface area (Å²) in [4.78, 5) is 31.3. The van der Waals surface area contributed by atoms with Gasteiger partial charge in [0, 0.05) is 0 Å². The van der Waals surface area contributed by atoms with Crippen molar-refractivity contribution in [3.63, 3.8) is 0 Å². The fraction of sp³-hybridized carbons (Fsp3) is 0.800. The first kappa shape index (κ1) is 14.9. The van der Waals surface area contributed by atoms with Crippen LogP contribution in [0.4, 0.5) is 0 Å². The zero-order chi connectivity index (χ0) is 12.2. The Labute approximate surface area is 95.6 Å². The lowest BCUT2D eigenvalue weighted by Crippen LogP contribution is -2.39. The summed E-state index contributed by atoms with van der Waals surface area (Å²) in [5.74, 6) is -0.382. The second-order valence-electron chi connectivity index (χ2n) is 3.30. The molecule has 1 unspecified atom stereocenters. The molecular formula is C10H20N2O4. The lowest BCUT2D eigenvalue weighted by molar-refractivity contribution is -0.153. The van der Waals surface area contributed by atoms with Gasteiger partial charge in [0.1, 0.15) is 0 Å². The maximum absolute atomic E-state index is 11.5. The Kier molecular flexibility index (Phi) is 9.64. The van der Waals surface area contributed by atoms with Gasteiger partial charge in [-0.1, -0.05) is 26.7 Å². The van der Waals surface area contributed by atoms with Crippen molar-refractivity contribution in [3.8, 4) is 0 Å². The van der Waals surface area contributed by atoms with Gasteiger partial charge in [-0.05, 0) is 12.8 Å². The van der Waals surface area contributed by atoms with Crippen LogP contribution in [-0.4, -0.2) is 25.0 Å². The topological polar surface area (TPSA) is 76.7 Å². The zero-order valence-corrected chi connectivity index (χ0v) is 9.82. The Morgan fingerprint density at radius 2 is 2.12 bits per heavy atom. The number of nitrogens with one attached hydrogen (secondary N) is 2. The molecule has 0 aliphatic heterocycles. The van der Waals surface area contributed by atoms with Crippen molar-refractivity contribution in [2.24, 2.45) is 0 Å². The molecule has 2 amide bonds. The smallest absolute Gasteiger partial charge is 0.275 e. The summed E-state index contributed by atoms with van der Waals surface area (Å²) in [6.07, 6.45) is 2.84. The van der Waals surface area contributed by atoms with Gasteiger partial charge >= 0.3 is 0 Å². The van der Waals surface area contributed by atoms with Gasteiger partial charge in [0.2, 0.25) is 6.41 Å². The van der Waals surface area contributed by atoms with E-state index in [-0.39, 0.29) is 5.91 Å². The Morgan fingerprint density at radius 3 is 2.69 bits per heavy atom. The summed E-state index contributed by atoms with van der Waals surface area (Å²) in [6, 6.07) is 0. The van der Waals surface area contributed by atoms with Gasteiger partial charge in [0.05, 0.1) is 6.61 Å². The van der Waals surface area contributed by atoms with Crippen molar-refractivity contribution in [3.05, 3.63) is 0 Å². The van der Waals surface area contributed by atoms with E-state index in [4.69, 9.17) is 9.68 Å². The van der Waals surface area contributed by atoms with Gasteiger partial charge in [0.15, 0.2) is 6.10 Å². The Bertz CT molecular complexity index is 199. The highest BCUT2D eigenvalue weighted by Crippen LogP contribution is 2.00. The minimum atomic E-state index is -0.711. The molecular weight excluding hydrogens is 212 g/mol. The maximum Gasteiger partial charge on any atom is 0.275 e. The normalized spacial score (nSPS) is 11.9. The van der Waals surface area contributed by atoms with Crippen molar-refractivity contribution < 1.29 is 19.3 Å². The highest BCUT2D eigenvalue weighted by Gasteiger charge is 2.18. The Morgan fingerprint density at radius 1 is 1.38 bits per heavy atom. The van der Waals surface area contributed by atoms with Gasteiger partial charge in [-0.2, -0.15) is 0 Å². The number of carbonyl (C=O) groups excluding carboxylic acids is 2. The van der Waals surface area contributed by atoms with Crippen molar-refractivity contribution in [1.29, 1.82) is 0 Å². The number of hydrogen-bond acceptors (Lipinski definition) is 4. The van der Waals surface area contributed by atoms with Gasteiger partial charge in [-0.15, -0.1) is 0 Å². The van der Waals surface area contributed by atoms with Crippen molar-refractivity contribution >= 4 is 12.3 Å². The number of hydrogen-bond donors (Lipinski definition) is 2. The molecule has 1 atom stereocenters. The fourth-order valence-corrected chi connectivity index (χ4v) is 1.02. The summed E-state index contributed by atoms with van der Waals surface area (Å²) < 4.78 is 0. The van der Waals surface area contributed by atoms with Crippen LogP contribution in [-0.2, 0) is 19.3 Å². The number of rotatable bonds is 10. The van der Waals surface area contributed by atoms with E-state index in [2.05, 4.69) is 5.48 Å². The molecule has 0 rings (SSSR count). The summed E-state index contributed by atoms with van der Waals surface area (Å²) in [7, 11) is 0. The van der Waals surface area contributed by atoms with Crippen LogP contribution < -0.4 is 11.0 Å². The lowest BCUT2D eigenvalue weighted by atomic mass is 10.2. The predicted octanol–water partition coefficient (Wildman–Crippen LogP) is 0.681. The van der Waals surface area contributed by atoms with Crippen molar-refractivity contribution in [2.45, 2.75) is 45.6 Å². The number of hydroxylamine groups is 2. The van der Waals surface area contributed by atoms with Crippen molar-refractivity contribution in [2.75, 3.05) is 6.61 Å². The SMILES string of the molecule is CCCCONC(=O)C(CCC)ONC=O. The third kappa shape index (κ3) is 7.19. The Hall–Kier alpha value is -1.14. The molecule has 6 heteroatoms. The van der Waals surface area contributed by atoms with E-state index in [1.807, 2.05) is 19.3 Å². The molecule has 0 bridgehead atoms. The van der Waals surface area contributed by atoms with Crippen LogP contribution in [0.1, 0.15) is 39.5 Å². The molecule has 0 heterocycles. The van der Waals surface area contributed by atoms with Crippen LogP contribution in [0.2, 0.25) is 0 Å². The molecule has 94 valence electrons. The first-order valence-electron chi connectivity index (χ1n) is 5.52. The molecule has 16 heavy (non-hydrogen) atoms. The first-order chi connectivity index (χ1) is 7.76. The molecule has 0 saturated heterocycles. The molecule has 0 aliphatic carbocycles.